The highest BCUT2D eigenvalue weighted by atomic mass is 16.5. The number of amides is 3. The number of urea groups is 1. The highest BCUT2D eigenvalue weighted by Crippen LogP contribution is 2.08. The minimum Gasteiger partial charge on any atom is -0.465 e. The Morgan fingerprint density at radius 2 is 2.22 bits per heavy atom. The summed E-state index contributed by atoms with van der Waals surface area (Å²) in [5, 5.41) is 5.16. The molecule has 1 rings (SSSR count). The number of piperazine rings is 1. The number of ether oxygens (including phenoxy) is 1. The van der Waals surface area contributed by atoms with E-state index in [1.54, 1.807) is 6.92 Å². The molecule has 3 amide bonds. The van der Waals surface area contributed by atoms with Gasteiger partial charge in [-0.3, -0.25) is 9.59 Å². The van der Waals surface area contributed by atoms with Crippen molar-refractivity contribution in [2.75, 3.05) is 26.2 Å². The molecule has 102 valence electrons. The molecule has 1 atom stereocenters. The minimum atomic E-state index is -0.486. The lowest BCUT2D eigenvalue weighted by Crippen LogP contribution is -2.59. The van der Waals surface area contributed by atoms with Crippen LogP contribution >= 0.6 is 0 Å². The summed E-state index contributed by atoms with van der Waals surface area (Å²) in [6.07, 6.45) is 0.540. The van der Waals surface area contributed by atoms with Gasteiger partial charge in [-0.2, -0.15) is 0 Å². The second-order valence-electron chi connectivity index (χ2n) is 3.87. The maximum Gasteiger partial charge on any atom is 0.325 e. The number of carbonyl (C=O) groups excluding carboxylic acids is 3. The fraction of sp³-hybridized carbons (Fsp3) is 0.727. The molecule has 2 N–H and O–H groups in total. The van der Waals surface area contributed by atoms with Gasteiger partial charge >= 0.3 is 12.0 Å². The molecule has 1 aliphatic heterocycles. The number of rotatable bonds is 4. The van der Waals surface area contributed by atoms with E-state index in [0.29, 0.717) is 19.5 Å². The predicted molar refractivity (Wildman–Crippen MR) is 63.8 cm³/mol. The van der Waals surface area contributed by atoms with E-state index in [2.05, 4.69) is 10.6 Å². The number of hydrogen-bond donors (Lipinski definition) is 2. The van der Waals surface area contributed by atoms with E-state index in [0.717, 1.165) is 0 Å². The first kappa shape index (κ1) is 14.3. The molecular weight excluding hydrogens is 238 g/mol. The molecule has 7 nitrogen and oxygen atoms in total. The van der Waals surface area contributed by atoms with Gasteiger partial charge in [-0.25, -0.2) is 4.79 Å². The Morgan fingerprint density at radius 1 is 1.50 bits per heavy atom. The van der Waals surface area contributed by atoms with E-state index < -0.39 is 18.0 Å². The Balaban J connectivity index is 2.49. The lowest BCUT2D eigenvalue weighted by Gasteiger charge is -2.34. The lowest BCUT2D eigenvalue weighted by molar-refractivity contribution is -0.141. The van der Waals surface area contributed by atoms with E-state index in [9.17, 15) is 14.4 Å². The molecule has 1 saturated heterocycles. The van der Waals surface area contributed by atoms with Crippen LogP contribution < -0.4 is 10.6 Å². The van der Waals surface area contributed by atoms with E-state index in [-0.39, 0.29) is 19.1 Å². The molecule has 0 radical (unpaired) electrons. The number of nitrogens with zero attached hydrogens (tertiary/aromatic N) is 1. The number of nitrogens with one attached hydrogen (secondary N) is 2. The van der Waals surface area contributed by atoms with Gasteiger partial charge in [0, 0.05) is 13.1 Å². The molecule has 0 saturated carbocycles. The van der Waals surface area contributed by atoms with Crippen LogP contribution in [-0.4, -0.2) is 55.1 Å². The van der Waals surface area contributed by atoms with Crippen molar-refractivity contribution < 1.29 is 19.1 Å². The van der Waals surface area contributed by atoms with Crippen molar-refractivity contribution in [3.63, 3.8) is 0 Å². The van der Waals surface area contributed by atoms with Gasteiger partial charge in [0.1, 0.15) is 12.6 Å². The van der Waals surface area contributed by atoms with Gasteiger partial charge < -0.3 is 20.3 Å². The predicted octanol–water partition coefficient (Wildman–Crippen LogP) is -0.530. The van der Waals surface area contributed by atoms with Crippen molar-refractivity contribution in [3.05, 3.63) is 0 Å². The second kappa shape index (κ2) is 6.83. The van der Waals surface area contributed by atoms with Gasteiger partial charge in [0.2, 0.25) is 5.91 Å². The smallest absolute Gasteiger partial charge is 0.325 e. The van der Waals surface area contributed by atoms with E-state index in [1.165, 1.54) is 4.90 Å². The van der Waals surface area contributed by atoms with E-state index in [4.69, 9.17) is 4.74 Å². The largest absolute Gasteiger partial charge is 0.465 e. The van der Waals surface area contributed by atoms with Crippen molar-refractivity contribution in [1.29, 1.82) is 0 Å². The Labute approximate surface area is 106 Å². The number of esters is 1. The molecule has 0 bridgehead atoms. The first-order chi connectivity index (χ1) is 8.60. The SMILES string of the molecule is CCOC(=O)CNC(=O)N1CCNC(=O)C1CC. The zero-order chi connectivity index (χ0) is 13.5. The maximum absolute atomic E-state index is 11.8. The van der Waals surface area contributed by atoms with E-state index >= 15 is 0 Å². The molecule has 0 aromatic rings. The topological polar surface area (TPSA) is 87.7 Å². The zero-order valence-electron chi connectivity index (χ0n) is 10.7. The third-order valence-corrected chi connectivity index (χ3v) is 2.67. The summed E-state index contributed by atoms with van der Waals surface area (Å²) >= 11 is 0. The molecule has 1 unspecified atom stereocenters. The Kier molecular flexibility index (Phi) is 5.41. The van der Waals surface area contributed by atoms with E-state index in [1.807, 2.05) is 6.92 Å². The van der Waals surface area contributed by atoms with Crippen molar-refractivity contribution in [2.45, 2.75) is 26.3 Å². The van der Waals surface area contributed by atoms with Crippen LogP contribution in [-0.2, 0) is 14.3 Å². The number of hydrogen-bond acceptors (Lipinski definition) is 4. The molecule has 7 heteroatoms. The fourth-order valence-corrected chi connectivity index (χ4v) is 1.82. The Hall–Kier alpha value is -1.79. The van der Waals surface area contributed by atoms with Crippen molar-refractivity contribution in [3.8, 4) is 0 Å². The second-order valence-corrected chi connectivity index (χ2v) is 3.87. The van der Waals surface area contributed by atoms with Crippen molar-refractivity contribution >= 4 is 17.9 Å². The monoisotopic (exact) mass is 257 g/mol. The van der Waals surface area contributed by atoms with Crippen LogP contribution in [0.4, 0.5) is 4.79 Å². The Bertz CT molecular complexity index is 332. The van der Waals surface area contributed by atoms with Crippen LogP contribution in [0.15, 0.2) is 0 Å². The van der Waals surface area contributed by atoms with Crippen LogP contribution in [0.25, 0.3) is 0 Å². The normalized spacial score (nSPS) is 19.1. The summed E-state index contributed by atoms with van der Waals surface area (Å²) in [6, 6.07) is -0.884. The standard InChI is InChI=1S/C11H19N3O4/c1-3-8-10(16)12-5-6-14(8)11(17)13-7-9(15)18-4-2/h8H,3-7H2,1-2H3,(H,12,16)(H,13,17). The molecule has 1 fully saturated rings. The van der Waals surface area contributed by atoms with Gasteiger partial charge in [-0.15, -0.1) is 0 Å². The van der Waals surface area contributed by atoms with Gasteiger partial charge in [0.05, 0.1) is 6.61 Å². The van der Waals surface area contributed by atoms with Gasteiger partial charge in [-0.05, 0) is 13.3 Å². The molecule has 0 aromatic carbocycles. The van der Waals surface area contributed by atoms with Crippen LogP contribution in [0.3, 0.4) is 0 Å². The first-order valence-electron chi connectivity index (χ1n) is 6.08. The highest BCUT2D eigenvalue weighted by Gasteiger charge is 2.31. The third kappa shape index (κ3) is 3.61. The molecule has 0 aliphatic carbocycles. The highest BCUT2D eigenvalue weighted by molar-refractivity contribution is 5.89. The number of carbonyl (C=O) groups is 3. The fourth-order valence-electron chi connectivity index (χ4n) is 1.82. The lowest BCUT2D eigenvalue weighted by atomic mass is 10.1. The molecule has 1 heterocycles. The maximum atomic E-state index is 11.8. The summed E-state index contributed by atoms with van der Waals surface area (Å²) < 4.78 is 4.70. The van der Waals surface area contributed by atoms with Crippen molar-refractivity contribution in [2.24, 2.45) is 0 Å². The summed E-state index contributed by atoms with van der Waals surface area (Å²) in [5.41, 5.74) is 0. The average Bonchev–Trinajstić information content (AvgIpc) is 2.36. The molecule has 18 heavy (non-hydrogen) atoms. The Morgan fingerprint density at radius 3 is 2.83 bits per heavy atom. The van der Waals surface area contributed by atoms with Crippen LogP contribution in [0.1, 0.15) is 20.3 Å². The summed E-state index contributed by atoms with van der Waals surface area (Å²) in [5.74, 6) is -0.643. The van der Waals surface area contributed by atoms with Crippen LogP contribution in [0.2, 0.25) is 0 Å². The molecular formula is C11H19N3O4. The quantitative estimate of drug-likeness (QED) is 0.663. The summed E-state index contributed by atoms with van der Waals surface area (Å²) in [4.78, 5) is 36.0. The van der Waals surface area contributed by atoms with Gasteiger partial charge in [0.15, 0.2) is 0 Å². The van der Waals surface area contributed by atoms with Gasteiger partial charge in [-0.1, -0.05) is 6.92 Å². The summed E-state index contributed by atoms with van der Waals surface area (Å²) in [6.45, 7) is 4.50. The van der Waals surface area contributed by atoms with Gasteiger partial charge in [0.25, 0.3) is 0 Å². The van der Waals surface area contributed by atoms with Crippen LogP contribution in [0.5, 0.6) is 0 Å². The average molecular weight is 257 g/mol. The third-order valence-electron chi connectivity index (χ3n) is 2.67. The minimum absolute atomic E-state index is 0.157. The van der Waals surface area contributed by atoms with Crippen molar-refractivity contribution in [1.82, 2.24) is 15.5 Å². The zero-order valence-corrected chi connectivity index (χ0v) is 10.7. The first-order valence-corrected chi connectivity index (χ1v) is 6.08. The molecule has 1 aliphatic rings. The molecule has 0 spiro atoms. The summed E-state index contributed by atoms with van der Waals surface area (Å²) in [7, 11) is 0. The van der Waals surface area contributed by atoms with Crippen LogP contribution in [0, 0.1) is 0 Å². The molecule has 0 aromatic heterocycles.